The fourth-order valence-corrected chi connectivity index (χ4v) is 5.88. The van der Waals surface area contributed by atoms with Gasteiger partial charge < -0.3 is 19.8 Å². The summed E-state index contributed by atoms with van der Waals surface area (Å²) in [5.41, 5.74) is 0. The summed E-state index contributed by atoms with van der Waals surface area (Å²) in [7, 11) is 0. The van der Waals surface area contributed by atoms with Crippen molar-refractivity contribution in [1.82, 2.24) is 0 Å². The Morgan fingerprint density at radius 3 is 0.860 bits per heavy atom. The molecule has 43 heavy (non-hydrogen) atoms. The minimum Gasteiger partial charge on any atom is -0.550 e. The van der Waals surface area contributed by atoms with Crippen LogP contribution in [0.15, 0.2) is 0 Å². The summed E-state index contributed by atoms with van der Waals surface area (Å²) in [6.45, 7) is 4.51. The normalized spacial score (nSPS) is 12.2. The number of carbonyl (C=O) groups excluding carboxylic acids is 2. The van der Waals surface area contributed by atoms with Crippen LogP contribution in [0.2, 0.25) is 0 Å². The molecule has 2 unspecified atom stereocenters. The largest absolute Gasteiger partial charge is 2.00 e. The molecular weight excluding hydrogens is 705 g/mol. The molecule has 4 nitrogen and oxygen atoms in total. The molecular formula is C36H68BaCl2O4. The first kappa shape index (κ1) is 48.5. The molecule has 0 saturated heterocycles. The molecule has 0 aliphatic rings. The summed E-state index contributed by atoms with van der Waals surface area (Å²) in [4.78, 5) is 20.5. The number of halogens is 2. The van der Waals surface area contributed by atoms with Crippen LogP contribution >= 0.6 is 23.2 Å². The maximum Gasteiger partial charge on any atom is 2.00 e. The van der Waals surface area contributed by atoms with Crippen molar-refractivity contribution in [2.75, 3.05) is 0 Å². The zero-order valence-corrected chi connectivity index (χ0v) is 34.4. The van der Waals surface area contributed by atoms with E-state index in [9.17, 15) is 19.8 Å². The molecule has 0 heterocycles. The monoisotopic (exact) mass is 772 g/mol. The molecule has 0 rings (SSSR count). The van der Waals surface area contributed by atoms with E-state index in [0.29, 0.717) is 10.8 Å². The molecule has 0 fully saturated rings. The van der Waals surface area contributed by atoms with E-state index in [1.54, 1.807) is 0 Å². The molecule has 252 valence electrons. The van der Waals surface area contributed by atoms with Gasteiger partial charge in [0.1, 0.15) is 0 Å². The van der Waals surface area contributed by atoms with Crippen LogP contribution in [0.5, 0.6) is 0 Å². The first-order valence-electron chi connectivity index (χ1n) is 18.0. The van der Waals surface area contributed by atoms with Crippen molar-refractivity contribution >= 4 is 84.0 Å². The maximum atomic E-state index is 10.3. The van der Waals surface area contributed by atoms with Crippen LogP contribution in [0.4, 0.5) is 0 Å². The number of alkyl halides is 2. The quantitative estimate of drug-likeness (QED) is 0.0388. The van der Waals surface area contributed by atoms with Crippen molar-refractivity contribution < 1.29 is 19.8 Å². The summed E-state index contributed by atoms with van der Waals surface area (Å²) < 4.78 is 0. The van der Waals surface area contributed by atoms with Gasteiger partial charge in [-0.1, -0.05) is 155 Å². The fraction of sp³-hybridized carbons (Fsp3) is 0.944. The average molecular weight is 773 g/mol. The van der Waals surface area contributed by atoms with E-state index in [1.165, 1.54) is 103 Å². The molecule has 2 atom stereocenters. The van der Waals surface area contributed by atoms with Gasteiger partial charge in [-0.05, 0) is 51.4 Å². The van der Waals surface area contributed by atoms with Gasteiger partial charge in [0.2, 0.25) is 0 Å². The van der Waals surface area contributed by atoms with Crippen LogP contribution < -0.4 is 10.2 Å². The molecule has 0 saturated carbocycles. The molecule has 0 aliphatic carbocycles. The Hall–Kier alpha value is 1.09. The molecule has 7 heteroatoms. The first-order valence-corrected chi connectivity index (χ1v) is 18.9. The van der Waals surface area contributed by atoms with Crippen molar-refractivity contribution in [1.29, 1.82) is 0 Å². The average Bonchev–Trinajstić information content (AvgIpc) is 2.95. The Morgan fingerprint density at radius 2 is 0.628 bits per heavy atom. The Labute approximate surface area is 318 Å². The third-order valence-electron chi connectivity index (χ3n) is 8.04. The Kier molecular flexibility index (Phi) is 46.4. The van der Waals surface area contributed by atoms with Crippen LogP contribution in [-0.2, 0) is 9.59 Å². The predicted molar refractivity (Wildman–Crippen MR) is 185 cm³/mol. The minimum atomic E-state index is -0.931. The Balaban J connectivity index is -0.000000727. The van der Waals surface area contributed by atoms with Crippen LogP contribution in [0.1, 0.15) is 206 Å². The van der Waals surface area contributed by atoms with E-state index in [0.717, 1.165) is 77.0 Å². The molecule has 0 aromatic heterocycles. The van der Waals surface area contributed by atoms with Crippen LogP contribution in [0.3, 0.4) is 0 Å². The number of carboxylic acids is 2. The molecule has 0 aromatic carbocycles. The number of carboxylic acid groups (broad SMARTS) is 2. The van der Waals surface area contributed by atoms with Gasteiger partial charge in [-0.15, -0.1) is 23.2 Å². The number of rotatable bonds is 32. The standard InChI is InChI=1S/2C18H35ClO2.Ba/c2*1-2-3-4-5-6-7-8-11-14-17(19)15-12-9-10-13-16-18(20)21;/h2*17H,2-16H2,1H3,(H,20,21);/q;;+2/p-2. The third kappa shape index (κ3) is 47.6. The molecule has 0 amide bonds. The van der Waals surface area contributed by atoms with E-state index >= 15 is 0 Å². The van der Waals surface area contributed by atoms with Gasteiger partial charge >= 0.3 is 48.9 Å². The predicted octanol–water partition coefficient (Wildman–Crippen LogP) is 10.0. The number of hydrogen-bond donors (Lipinski definition) is 0. The first-order chi connectivity index (χ1) is 20.3. The van der Waals surface area contributed by atoms with Crippen LogP contribution in [-0.4, -0.2) is 71.6 Å². The van der Waals surface area contributed by atoms with E-state index in [-0.39, 0.29) is 61.7 Å². The van der Waals surface area contributed by atoms with E-state index in [2.05, 4.69) is 13.8 Å². The second-order valence-electron chi connectivity index (χ2n) is 12.4. The summed E-state index contributed by atoms with van der Waals surface area (Å²) in [6, 6.07) is 0. The van der Waals surface area contributed by atoms with Gasteiger partial charge in [0.15, 0.2) is 0 Å². The zero-order valence-electron chi connectivity index (χ0n) is 28.5. The second-order valence-corrected chi connectivity index (χ2v) is 13.6. The topological polar surface area (TPSA) is 80.3 Å². The third-order valence-corrected chi connectivity index (χ3v) is 8.91. The molecule has 0 aliphatic heterocycles. The van der Waals surface area contributed by atoms with Crippen molar-refractivity contribution in [3.63, 3.8) is 0 Å². The van der Waals surface area contributed by atoms with Gasteiger partial charge in [0.25, 0.3) is 0 Å². The zero-order chi connectivity index (χ0) is 31.5. The van der Waals surface area contributed by atoms with Gasteiger partial charge in [0, 0.05) is 22.7 Å². The van der Waals surface area contributed by atoms with Crippen molar-refractivity contribution in [2.45, 2.75) is 217 Å². The van der Waals surface area contributed by atoms with Gasteiger partial charge in [-0.3, -0.25) is 0 Å². The van der Waals surface area contributed by atoms with Gasteiger partial charge in [0.05, 0.1) is 0 Å². The second kappa shape index (κ2) is 41.1. The number of hydrogen-bond acceptors (Lipinski definition) is 4. The SMILES string of the molecule is CCCCCCCCCCC(Cl)CCCCCCC(=O)[O-].CCCCCCCCCCC(Cl)CCCCCCC(=O)[O-].[Ba+2]. The van der Waals surface area contributed by atoms with Gasteiger partial charge in [-0.25, -0.2) is 0 Å². The van der Waals surface area contributed by atoms with E-state index < -0.39 is 11.9 Å². The van der Waals surface area contributed by atoms with E-state index in [1.807, 2.05) is 0 Å². The molecule has 0 N–H and O–H groups in total. The maximum absolute atomic E-state index is 10.3. The molecule has 0 aromatic rings. The van der Waals surface area contributed by atoms with Crippen molar-refractivity contribution in [3.05, 3.63) is 0 Å². The van der Waals surface area contributed by atoms with Crippen LogP contribution in [0.25, 0.3) is 0 Å². The summed E-state index contributed by atoms with van der Waals surface area (Å²) in [5.74, 6) is -1.86. The molecule has 0 radical (unpaired) electrons. The smallest absolute Gasteiger partial charge is 0.550 e. The summed E-state index contributed by atoms with van der Waals surface area (Å²) >= 11 is 12.6. The number of unbranched alkanes of at least 4 members (excludes halogenated alkanes) is 20. The number of aliphatic carboxylic acids is 2. The number of carbonyl (C=O) groups is 2. The summed E-state index contributed by atoms with van der Waals surface area (Å²) in [6.07, 6.45) is 34.3. The van der Waals surface area contributed by atoms with E-state index in [4.69, 9.17) is 23.2 Å². The van der Waals surface area contributed by atoms with Gasteiger partial charge in [-0.2, -0.15) is 0 Å². The van der Waals surface area contributed by atoms with Crippen molar-refractivity contribution in [2.24, 2.45) is 0 Å². The summed E-state index contributed by atoms with van der Waals surface area (Å²) in [5, 5.41) is 21.1. The Bertz CT molecular complexity index is 517. The van der Waals surface area contributed by atoms with Crippen molar-refractivity contribution in [3.8, 4) is 0 Å². The Morgan fingerprint density at radius 1 is 0.419 bits per heavy atom. The molecule has 0 spiro atoms. The molecule has 0 bridgehead atoms. The fourth-order valence-electron chi connectivity index (χ4n) is 5.27. The van der Waals surface area contributed by atoms with Crippen LogP contribution in [0, 0.1) is 0 Å². The minimum absolute atomic E-state index is 0.